The molecule has 11 heavy (non-hydrogen) atoms. The average molecular weight is 160 g/mol. The van der Waals surface area contributed by atoms with Crippen molar-refractivity contribution in [1.29, 1.82) is 0 Å². The standard InChI is InChI=1S/C8H16O3/c1-7(9)5-6-8(2,10-3)11-4/h5-6H2,1-4H3. The van der Waals surface area contributed by atoms with Gasteiger partial charge in [0.1, 0.15) is 5.78 Å². The summed E-state index contributed by atoms with van der Waals surface area (Å²) >= 11 is 0. The van der Waals surface area contributed by atoms with Gasteiger partial charge in [0.25, 0.3) is 0 Å². The molecule has 3 heteroatoms. The fraction of sp³-hybridized carbons (Fsp3) is 0.875. The fourth-order valence-electron chi connectivity index (χ4n) is 0.691. The van der Waals surface area contributed by atoms with Gasteiger partial charge in [0.15, 0.2) is 5.79 Å². The van der Waals surface area contributed by atoms with Crippen molar-refractivity contribution < 1.29 is 14.3 Å². The summed E-state index contributed by atoms with van der Waals surface area (Å²) in [5.74, 6) is -0.448. The quantitative estimate of drug-likeness (QED) is 0.570. The minimum atomic E-state index is -0.605. The molecule has 0 aromatic heterocycles. The molecular formula is C8H16O3. The second kappa shape index (κ2) is 4.46. The number of carbonyl (C=O) groups excluding carboxylic acids is 1. The molecule has 0 saturated heterocycles. The van der Waals surface area contributed by atoms with Crippen molar-refractivity contribution in [1.82, 2.24) is 0 Å². The van der Waals surface area contributed by atoms with Crippen LogP contribution in [0.5, 0.6) is 0 Å². The molecule has 0 aromatic rings. The molecule has 0 aliphatic carbocycles. The highest BCUT2D eigenvalue weighted by Gasteiger charge is 2.22. The van der Waals surface area contributed by atoms with Gasteiger partial charge in [-0.1, -0.05) is 0 Å². The van der Waals surface area contributed by atoms with Crippen LogP contribution in [0.1, 0.15) is 26.7 Å². The summed E-state index contributed by atoms with van der Waals surface area (Å²) in [6, 6.07) is 0. The molecule has 0 rings (SSSR count). The zero-order valence-electron chi connectivity index (χ0n) is 7.64. The highest BCUT2D eigenvalue weighted by molar-refractivity contribution is 5.75. The zero-order chi connectivity index (χ0) is 8.91. The first-order valence-electron chi connectivity index (χ1n) is 3.64. The van der Waals surface area contributed by atoms with E-state index in [-0.39, 0.29) is 5.78 Å². The normalized spacial score (nSPS) is 11.6. The summed E-state index contributed by atoms with van der Waals surface area (Å²) in [5.41, 5.74) is 0. The van der Waals surface area contributed by atoms with Crippen LogP contribution in [0.25, 0.3) is 0 Å². The number of carbonyl (C=O) groups is 1. The smallest absolute Gasteiger partial charge is 0.165 e. The van der Waals surface area contributed by atoms with Gasteiger partial charge in [-0.05, 0) is 13.8 Å². The molecule has 0 aliphatic rings. The average Bonchev–Trinajstić information content (AvgIpc) is 2.00. The lowest BCUT2D eigenvalue weighted by atomic mass is 10.1. The van der Waals surface area contributed by atoms with E-state index < -0.39 is 5.79 Å². The lowest BCUT2D eigenvalue weighted by Gasteiger charge is -2.25. The van der Waals surface area contributed by atoms with Crippen LogP contribution in [0.3, 0.4) is 0 Å². The van der Waals surface area contributed by atoms with Crippen LogP contribution in [0, 0.1) is 0 Å². The van der Waals surface area contributed by atoms with Crippen LogP contribution in [0.15, 0.2) is 0 Å². The van der Waals surface area contributed by atoms with Gasteiger partial charge in [0.2, 0.25) is 0 Å². The molecule has 0 saturated carbocycles. The molecule has 0 unspecified atom stereocenters. The van der Waals surface area contributed by atoms with Crippen LogP contribution < -0.4 is 0 Å². The number of hydrogen-bond acceptors (Lipinski definition) is 3. The van der Waals surface area contributed by atoms with Gasteiger partial charge in [-0.15, -0.1) is 0 Å². The molecule has 0 bridgehead atoms. The third kappa shape index (κ3) is 4.11. The van der Waals surface area contributed by atoms with Gasteiger partial charge in [-0.2, -0.15) is 0 Å². The molecule has 3 nitrogen and oxygen atoms in total. The molecular weight excluding hydrogens is 144 g/mol. The molecule has 0 heterocycles. The second-order valence-electron chi connectivity index (χ2n) is 2.74. The zero-order valence-corrected chi connectivity index (χ0v) is 7.64. The predicted molar refractivity (Wildman–Crippen MR) is 42.3 cm³/mol. The van der Waals surface area contributed by atoms with Crippen molar-refractivity contribution in [3.05, 3.63) is 0 Å². The minimum absolute atomic E-state index is 0.158. The van der Waals surface area contributed by atoms with Gasteiger partial charge >= 0.3 is 0 Å². The number of methoxy groups -OCH3 is 2. The topological polar surface area (TPSA) is 35.5 Å². The Kier molecular flexibility index (Phi) is 4.30. The van der Waals surface area contributed by atoms with E-state index in [1.165, 1.54) is 0 Å². The van der Waals surface area contributed by atoms with E-state index in [0.717, 1.165) is 0 Å². The number of Topliss-reactive ketones (excluding diaryl/α,β-unsaturated/α-hetero) is 1. The number of hydrogen-bond donors (Lipinski definition) is 0. The highest BCUT2D eigenvalue weighted by atomic mass is 16.7. The van der Waals surface area contributed by atoms with Gasteiger partial charge in [-0.3, -0.25) is 0 Å². The maximum atomic E-state index is 10.6. The van der Waals surface area contributed by atoms with Gasteiger partial charge in [0.05, 0.1) is 0 Å². The van der Waals surface area contributed by atoms with E-state index >= 15 is 0 Å². The van der Waals surface area contributed by atoms with Crippen molar-refractivity contribution in [2.75, 3.05) is 14.2 Å². The van der Waals surface area contributed by atoms with E-state index in [9.17, 15) is 4.79 Å². The number of ether oxygens (including phenoxy) is 2. The van der Waals surface area contributed by atoms with Crippen LogP contribution in [0.2, 0.25) is 0 Å². The van der Waals surface area contributed by atoms with E-state index in [2.05, 4.69) is 0 Å². The molecule has 0 aliphatic heterocycles. The molecule has 0 N–H and O–H groups in total. The van der Waals surface area contributed by atoms with Gasteiger partial charge in [-0.25, -0.2) is 0 Å². The largest absolute Gasteiger partial charge is 0.353 e. The van der Waals surface area contributed by atoms with Crippen LogP contribution in [0.4, 0.5) is 0 Å². The van der Waals surface area contributed by atoms with Crippen molar-refractivity contribution in [3.8, 4) is 0 Å². The van der Waals surface area contributed by atoms with Gasteiger partial charge < -0.3 is 14.3 Å². The Morgan fingerprint density at radius 2 is 1.82 bits per heavy atom. The molecule has 66 valence electrons. The Morgan fingerprint density at radius 1 is 1.36 bits per heavy atom. The second-order valence-corrected chi connectivity index (χ2v) is 2.74. The predicted octanol–water partition coefficient (Wildman–Crippen LogP) is 1.36. The maximum Gasteiger partial charge on any atom is 0.165 e. The fourth-order valence-corrected chi connectivity index (χ4v) is 0.691. The lowest BCUT2D eigenvalue weighted by Crippen LogP contribution is -2.30. The Hall–Kier alpha value is -0.410. The Bertz CT molecular complexity index is 127. The first-order chi connectivity index (χ1) is 5.04. The van der Waals surface area contributed by atoms with Crippen molar-refractivity contribution in [2.24, 2.45) is 0 Å². The summed E-state index contributed by atoms with van der Waals surface area (Å²) in [5, 5.41) is 0. The monoisotopic (exact) mass is 160 g/mol. The molecule has 0 spiro atoms. The van der Waals surface area contributed by atoms with Crippen molar-refractivity contribution in [2.45, 2.75) is 32.5 Å². The Labute approximate surface area is 67.7 Å². The van der Waals surface area contributed by atoms with E-state index in [1.54, 1.807) is 21.1 Å². The summed E-state index contributed by atoms with van der Waals surface area (Å²) in [7, 11) is 3.15. The molecule has 0 amide bonds. The van der Waals surface area contributed by atoms with Crippen LogP contribution >= 0.6 is 0 Å². The van der Waals surface area contributed by atoms with Crippen molar-refractivity contribution in [3.63, 3.8) is 0 Å². The van der Waals surface area contributed by atoms with Gasteiger partial charge in [0, 0.05) is 27.1 Å². The van der Waals surface area contributed by atoms with Crippen molar-refractivity contribution >= 4 is 5.78 Å². The first kappa shape index (κ1) is 10.6. The summed E-state index contributed by atoms with van der Waals surface area (Å²) in [4.78, 5) is 10.6. The minimum Gasteiger partial charge on any atom is -0.353 e. The third-order valence-electron chi connectivity index (χ3n) is 1.79. The highest BCUT2D eigenvalue weighted by Crippen LogP contribution is 2.16. The summed E-state index contributed by atoms with van der Waals surface area (Å²) < 4.78 is 10.1. The SMILES string of the molecule is COC(C)(CCC(C)=O)OC. The lowest BCUT2D eigenvalue weighted by molar-refractivity contribution is -0.197. The third-order valence-corrected chi connectivity index (χ3v) is 1.79. The van der Waals surface area contributed by atoms with E-state index in [0.29, 0.717) is 12.8 Å². The number of rotatable bonds is 5. The van der Waals surface area contributed by atoms with Crippen LogP contribution in [-0.4, -0.2) is 25.8 Å². The first-order valence-corrected chi connectivity index (χ1v) is 3.64. The molecule has 0 atom stereocenters. The molecule has 0 aromatic carbocycles. The van der Waals surface area contributed by atoms with E-state index in [4.69, 9.17) is 9.47 Å². The van der Waals surface area contributed by atoms with E-state index in [1.807, 2.05) is 6.92 Å². The van der Waals surface area contributed by atoms with Crippen LogP contribution in [-0.2, 0) is 14.3 Å². The number of ketones is 1. The summed E-state index contributed by atoms with van der Waals surface area (Å²) in [6.07, 6.45) is 1.10. The summed E-state index contributed by atoms with van der Waals surface area (Å²) in [6.45, 7) is 3.38. The maximum absolute atomic E-state index is 10.6. The Morgan fingerprint density at radius 3 is 2.09 bits per heavy atom. The molecule has 0 radical (unpaired) electrons. The Balaban J connectivity index is 3.78. The molecule has 0 fully saturated rings.